The van der Waals surface area contributed by atoms with Crippen molar-refractivity contribution in [3.05, 3.63) is 71.8 Å². The van der Waals surface area contributed by atoms with E-state index in [2.05, 4.69) is 11.9 Å². The number of imide groups is 1. The fraction of sp³-hybridized carbons (Fsp3) is 0.105. The van der Waals surface area contributed by atoms with E-state index in [0.29, 0.717) is 0 Å². The van der Waals surface area contributed by atoms with Gasteiger partial charge in [0.2, 0.25) is 9.84 Å². The van der Waals surface area contributed by atoms with Gasteiger partial charge in [0.25, 0.3) is 17.7 Å². The van der Waals surface area contributed by atoms with Crippen molar-refractivity contribution in [2.24, 2.45) is 0 Å². The normalized spacial score (nSPS) is 13.6. The molecule has 0 unspecified atom stereocenters. The molecule has 0 atom stereocenters. The maximum atomic E-state index is 12.6. The van der Waals surface area contributed by atoms with Crippen LogP contribution in [0.3, 0.4) is 0 Å². The minimum atomic E-state index is -4.73. The predicted octanol–water partition coefficient (Wildman–Crippen LogP) is 2.72. The molecule has 1 heterocycles. The smallest absolute Gasteiger partial charge is 0.322 e. The maximum Gasteiger partial charge on any atom is 0.341 e. The summed E-state index contributed by atoms with van der Waals surface area (Å²) in [5.41, 5.74) is 0.520. The average Bonchev–Trinajstić information content (AvgIpc) is 2.93. The minimum absolute atomic E-state index is 0.0434. The van der Waals surface area contributed by atoms with Gasteiger partial charge in [-0.2, -0.15) is 8.78 Å². The van der Waals surface area contributed by atoms with Crippen LogP contribution in [0.4, 0.5) is 14.5 Å². The molecule has 0 bridgehead atoms. The zero-order valence-electron chi connectivity index (χ0n) is 14.8. The largest absolute Gasteiger partial charge is 0.341 e. The molecule has 2 aromatic carbocycles. The summed E-state index contributed by atoms with van der Waals surface area (Å²) < 4.78 is 48.0. The Morgan fingerprint density at radius 3 is 2.28 bits per heavy atom. The zero-order valence-corrected chi connectivity index (χ0v) is 15.6. The molecule has 3 rings (SSSR count). The van der Waals surface area contributed by atoms with Crippen molar-refractivity contribution in [2.75, 3.05) is 11.9 Å². The summed E-state index contributed by atoms with van der Waals surface area (Å²) in [6.07, 6.45) is 1.41. The van der Waals surface area contributed by atoms with Crippen LogP contribution in [0.5, 0.6) is 0 Å². The quantitative estimate of drug-likeness (QED) is 0.572. The van der Waals surface area contributed by atoms with Gasteiger partial charge >= 0.3 is 5.76 Å². The lowest BCUT2D eigenvalue weighted by Gasteiger charge is -2.09. The third-order valence-corrected chi connectivity index (χ3v) is 5.62. The zero-order chi connectivity index (χ0) is 21.3. The van der Waals surface area contributed by atoms with Crippen molar-refractivity contribution in [1.29, 1.82) is 0 Å². The SMILES string of the molecule is C=CCN1C(=O)c2ccc(C(=O)Nc3ccc(S(=O)(=O)C(F)F)cc3)cc2C1=O. The molecular weight excluding hydrogens is 406 g/mol. The summed E-state index contributed by atoms with van der Waals surface area (Å²) in [6, 6.07) is 8.26. The third-order valence-electron chi connectivity index (χ3n) is 4.22. The van der Waals surface area contributed by atoms with E-state index >= 15 is 0 Å². The molecule has 1 N–H and O–H groups in total. The van der Waals surface area contributed by atoms with Gasteiger partial charge in [-0.25, -0.2) is 8.42 Å². The Labute approximate surface area is 164 Å². The molecule has 0 aromatic heterocycles. The topological polar surface area (TPSA) is 101 Å². The van der Waals surface area contributed by atoms with Gasteiger partial charge in [0.15, 0.2) is 0 Å². The van der Waals surface area contributed by atoms with Gasteiger partial charge in [0.05, 0.1) is 16.0 Å². The van der Waals surface area contributed by atoms with Crippen LogP contribution < -0.4 is 5.32 Å². The molecule has 29 heavy (non-hydrogen) atoms. The standard InChI is InChI=1S/C19H14F2N2O5S/c1-2-9-23-17(25)14-8-3-11(10-15(14)18(23)26)16(24)22-12-4-6-13(7-5-12)29(27,28)19(20)21/h2-8,10,19H,1,9H2,(H,22,24). The number of amides is 3. The number of carbonyl (C=O) groups excluding carboxylic acids is 3. The molecule has 150 valence electrons. The molecule has 1 aliphatic rings. The fourth-order valence-electron chi connectivity index (χ4n) is 2.76. The van der Waals surface area contributed by atoms with Crippen LogP contribution in [0, 0.1) is 0 Å². The first-order valence-electron chi connectivity index (χ1n) is 8.21. The van der Waals surface area contributed by atoms with Crippen LogP contribution in [0.25, 0.3) is 0 Å². The Morgan fingerprint density at radius 2 is 1.69 bits per heavy atom. The molecule has 10 heteroatoms. The fourth-order valence-corrected chi connectivity index (χ4v) is 3.48. The number of nitrogens with one attached hydrogen (secondary N) is 1. The first-order valence-corrected chi connectivity index (χ1v) is 9.76. The number of sulfone groups is 1. The Kier molecular flexibility index (Phi) is 5.29. The maximum absolute atomic E-state index is 12.6. The molecule has 0 saturated carbocycles. The van der Waals surface area contributed by atoms with E-state index in [1.165, 1.54) is 36.4 Å². The summed E-state index contributed by atoms with van der Waals surface area (Å²) in [7, 11) is -4.73. The predicted molar refractivity (Wildman–Crippen MR) is 99.6 cm³/mol. The highest BCUT2D eigenvalue weighted by molar-refractivity contribution is 7.91. The van der Waals surface area contributed by atoms with E-state index in [1.54, 1.807) is 0 Å². The van der Waals surface area contributed by atoms with Crippen molar-refractivity contribution in [3.8, 4) is 0 Å². The van der Waals surface area contributed by atoms with E-state index in [9.17, 15) is 31.6 Å². The van der Waals surface area contributed by atoms with Crippen LogP contribution in [0.15, 0.2) is 60.0 Å². The van der Waals surface area contributed by atoms with Gasteiger partial charge in [0.1, 0.15) is 0 Å². The van der Waals surface area contributed by atoms with Gasteiger partial charge in [-0.1, -0.05) is 6.08 Å². The second-order valence-electron chi connectivity index (χ2n) is 6.05. The molecule has 2 aromatic rings. The monoisotopic (exact) mass is 420 g/mol. The molecular formula is C19H14F2N2O5S. The first-order chi connectivity index (χ1) is 13.7. The average molecular weight is 420 g/mol. The number of hydrogen-bond donors (Lipinski definition) is 1. The number of rotatable bonds is 6. The van der Waals surface area contributed by atoms with Gasteiger partial charge in [-0.15, -0.1) is 6.58 Å². The number of hydrogen-bond acceptors (Lipinski definition) is 5. The number of carbonyl (C=O) groups is 3. The van der Waals surface area contributed by atoms with Gasteiger partial charge in [-0.05, 0) is 42.5 Å². The summed E-state index contributed by atoms with van der Waals surface area (Å²) in [5.74, 6) is -5.19. The number of nitrogens with zero attached hydrogens (tertiary/aromatic N) is 1. The van der Waals surface area contributed by atoms with Crippen LogP contribution in [-0.2, 0) is 9.84 Å². The Hall–Kier alpha value is -3.40. The van der Waals surface area contributed by atoms with Crippen LogP contribution in [-0.4, -0.2) is 43.3 Å². The number of anilines is 1. The van der Waals surface area contributed by atoms with Crippen molar-refractivity contribution >= 4 is 33.2 Å². The van der Waals surface area contributed by atoms with Crippen molar-refractivity contribution in [3.63, 3.8) is 0 Å². The van der Waals surface area contributed by atoms with Crippen molar-refractivity contribution in [1.82, 2.24) is 4.90 Å². The molecule has 0 spiro atoms. The summed E-state index contributed by atoms with van der Waals surface area (Å²) in [4.78, 5) is 37.4. The molecule has 0 saturated heterocycles. The highest BCUT2D eigenvalue weighted by atomic mass is 32.2. The number of halogens is 2. The van der Waals surface area contributed by atoms with Gasteiger partial charge < -0.3 is 5.32 Å². The lowest BCUT2D eigenvalue weighted by molar-refractivity contribution is 0.0672. The Morgan fingerprint density at radius 1 is 1.07 bits per heavy atom. The van der Waals surface area contributed by atoms with Crippen molar-refractivity contribution < 1.29 is 31.6 Å². The second kappa shape index (κ2) is 7.55. The van der Waals surface area contributed by atoms with Gasteiger partial charge in [0, 0.05) is 17.8 Å². The summed E-state index contributed by atoms with van der Waals surface area (Å²) >= 11 is 0. The van der Waals surface area contributed by atoms with Crippen LogP contribution in [0.2, 0.25) is 0 Å². The number of alkyl halides is 2. The van der Waals surface area contributed by atoms with Crippen molar-refractivity contribution in [2.45, 2.75) is 10.7 Å². The van der Waals surface area contributed by atoms with Crippen LogP contribution >= 0.6 is 0 Å². The molecule has 0 radical (unpaired) electrons. The highest BCUT2D eigenvalue weighted by Crippen LogP contribution is 2.25. The lowest BCUT2D eigenvalue weighted by atomic mass is 10.1. The molecule has 1 aliphatic heterocycles. The minimum Gasteiger partial charge on any atom is -0.322 e. The Bertz CT molecular complexity index is 1130. The lowest BCUT2D eigenvalue weighted by Crippen LogP contribution is -2.29. The van der Waals surface area contributed by atoms with E-state index in [-0.39, 0.29) is 28.9 Å². The molecule has 3 amide bonds. The highest BCUT2D eigenvalue weighted by Gasteiger charge is 2.35. The van der Waals surface area contributed by atoms with E-state index in [0.717, 1.165) is 17.0 Å². The Balaban J connectivity index is 1.80. The van der Waals surface area contributed by atoms with Crippen LogP contribution in [0.1, 0.15) is 31.1 Å². The number of benzene rings is 2. The summed E-state index contributed by atoms with van der Waals surface area (Å²) in [6.45, 7) is 3.53. The van der Waals surface area contributed by atoms with E-state index in [4.69, 9.17) is 0 Å². The number of fused-ring (bicyclic) bond motifs is 1. The molecule has 7 nitrogen and oxygen atoms in total. The summed E-state index contributed by atoms with van der Waals surface area (Å²) in [5, 5.41) is 2.47. The van der Waals surface area contributed by atoms with Gasteiger partial charge in [-0.3, -0.25) is 19.3 Å². The second-order valence-corrected chi connectivity index (χ2v) is 7.97. The van der Waals surface area contributed by atoms with E-state index < -0.39 is 38.2 Å². The third kappa shape index (κ3) is 3.66. The van der Waals surface area contributed by atoms with E-state index in [1.807, 2.05) is 0 Å². The first kappa shape index (κ1) is 20.3. The molecule has 0 fully saturated rings. The molecule has 0 aliphatic carbocycles.